The number of rotatable bonds is 31. The Balaban J connectivity index is 0.773. The van der Waals surface area contributed by atoms with Gasteiger partial charge in [-0.25, -0.2) is 9.97 Å². The Hall–Kier alpha value is -5.52. The molecule has 444 valence electrons. The molecular weight excluding hydrogens is 1070 g/mol. The minimum Gasteiger partial charge on any atom is -0.391 e. The Kier molecular flexibility index (Phi) is 24.9. The Morgan fingerprint density at radius 3 is 1.46 bits per heavy atom. The number of likely N-dealkylation sites (tertiary alicyclic amines) is 2. The number of hydrogen-bond acceptors (Lipinski definition) is 16. The van der Waals surface area contributed by atoms with E-state index in [4.69, 9.17) is 18.9 Å². The van der Waals surface area contributed by atoms with Crippen molar-refractivity contribution < 1.29 is 57.9 Å². The number of unbranched alkanes of at least 4 members (excludes halogenated alkanes) is 2. The normalized spacial score (nSPS) is 18.2. The van der Waals surface area contributed by atoms with Gasteiger partial charge >= 0.3 is 0 Å². The maximum atomic E-state index is 14.0. The number of nitrogens with one attached hydrogen (secondary N) is 3. The molecule has 2 aromatic heterocycles. The van der Waals surface area contributed by atoms with E-state index in [1.54, 1.807) is 22.7 Å². The predicted molar refractivity (Wildman–Crippen MR) is 311 cm³/mol. The van der Waals surface area contributed by atoms with Crippen molar-refractivity contribution in [1.82, 2.24) is 35.7 Å². The maximum Gasteiger partial charge on any atom is 0.246 e. The van der Waals surface area contributed by atoms with Crippen LogP contribution in [-0.2, 0) is 60.8 Å². The molecule has 0 saturated carbocycles. The number of ketones is 1. The largest absolute Gasteiger partial charge is 0.391 e. The number of ether oxygens (including phenoxy) is 4. The van der Waals surface area contributed by atoms with Crippen LogP contribution in [0.25, 0.3) is 20.9 Å². The van der Waals surface area contributed by atoms with E-state index < -0.39 is 58.9 Å². The summed E-state index contributed by atoms with van der Waals surface area (Å²) >= 11 is 3.14. The molecule has 4 aromatic rings. The van der Waals surface area contributed by atoms with Crippen LogP contribution in [-0.4, -0.2) is 162 Å². The van der Waals surface area contributed by atoms with Crippen molar-refractivity contribution >= 4 is 58.0 Å². The SMILES string of the molecule is Cc1ncsc1-c1ccc(CNC(=O)[C@@H]2C[C@@H](O)CN2C(=O)[C@@H](CC(=O)COCCCOCCCCCOCCCOCC(=O)N[C@H](C(=O)N2C[C@H](O)C[C@H]2C(=O)NCc2ccc(-c3scnc3C)cc2)C(C)(C)C)C(C)(C)C)cc1. The van der Waals surface area contributed by atoms with E-state index in [1.165, 1.54) is 9.80 Å². The fourth-order valence-corrected chi connectivity index (χ4v) is 11.5. The van der Waals surface area contributed by atoms with Crippen LogP contribution >= 0.6 is 22.7 Å². The summed E-state index contributed by atoms with van der Waals surface area (Å²) in [6.07, 6.45) is 2.26. The first-order chi connectivity index (χ1) is 38.6. The number of hydrogen-bond donors (Lipinski definition) is 5. The van der Waals surface area contributed by atoms with Crippen LogP contribution in [0.15, 0.2) is 59.6 Å². The number of nitrogens with zero attached hydrogens (tertiary/aromatic N) is 4. The van der Waals surface area contributed by atoms with Crippen molar-refractivity contribution in [3.63, 3.8) is 0 Å². The number of carbonyl (C=O) groups is 6. The second-order valence-corrected chi connectivity index (χ2v) is 25.0. The molecule has 4 heterocycles. The lowest BCUT2D eigenvalue weighted by Crippen LogP contribution is -2.58. The van der Waals surface area contributed by atoms with Gasteiger partial charge in [0.15, 0.2) is 5.78 Å². The highest BCUT2D eigenvalue weighted by Gasteiger charge is 2.46. The number of Topliss-reactive ketones (excluding diaryl/α,β-unsaturated/α-hetero) is 1. The first-order valence-corrected chi connectivity index (χ1v) is 30.0. The monoisotopic (exact) mass is 1160 g/mol. The Bertz CT molecular complexity index is 2490. The van der Waals surface area contributed by atoms with Gasteiger partial charge in [0, 0.05) is 91.0 Å². The zero-order valence-electron chi connectivity index (χ0n) is 48.5. The fraction of sp³-hybridized carbons (Fsp3) is 0.600. The van der Waals surface area contributed by atoms with Crippen molar-refractivity contribution in [2.75, 3.05) is 65.9 Å². The molecule has 2 aliphatic rings. The van der Waals surface area contributed by atoms with Gasteiger partial charge in [0.1, 0.15) is 31.3 Å². The van der Waals surface area contributed by atoms with Gasteiger partial charge in [0.2, 0.25) is 29.5 Å². The van der Waals surface area contributed by atoms with Gasteiger partial charge in [-0.2, -0.15) is 0 Å². The van der Waals surface area contributed by atoms with E-state index in [0.29, 0.717) is 45.9 Å². The molecule has 6 rings (SSSR count). The molecule has 21 heteroatoms. The molecule has 0 unspecified atom stereocenters. The first-order valence-electron chi connectivity index (χ1n) is 28.2. The minimum absolute atomic E-state index is 0.0174. The number of aliphatic hydroxyl groups is 2. The summed E-state index contributed by atoms with van der Waals surface area (Å²) in [5, 5.41) is 29.8. The molecule has 2 aromatic carbocycles. The highest BCUT2D eigenvalue weighted by atomic mass is 32.1. The van der Waals surface area contributed by atoms with Crippen LogP contribution in [0.5, 0.6) is 0 Å². The number of thiazole rings is 2. The smallest absolute Gasteiger partial charge is 0.246 e. The van der Waals surface area contributed by atoms with Crippen LogP contribution in [0.2, 0.25) is 0 Å². The summed E-state index contributed by atoms with van der Waals surface area (Å²) in [6, 6.07) is 13.1. The van der Waals surface area contributed by atoms with E-state index in [9.17, 15) is 39.0 Å². The molecule has 2 fully saturated rings. The van der Waals surface area contributed by atoms with Crippen LogP contribution in [0, 0.1) is 30.6 Å². The zero-order valence-corrected chi connectivity index (χ0v) is 50.1. The molecule has 0 bridgehead atoms. The minimum atomic E-state index is -0.959. The summed E-state index contributed by atoms with van der Waals surface area (Å²) in [6.45, 7) is 18.0. The highest BCUT2D eigenvalue weighted by Crippen LogP contribution is 2.34. The number of amides is 5. The Morgan fingerprint density at radius 1 is 0.593 bits per heavy atom. The summed E-state index contributed by atoms with van der Waals surface area (Å²) < 4.78 is 22.8. The molecule has 2 aliphatic heterocycles. The average Bonchev–Trinajstić information content (AvgIpc) is 4.26. The number of benzene rings is 2. The summed E-state index contributed by atoms with van der Waals surface area (Å²) in [5.41, 5.74) is 8.15. The summed E-state index contributed by atoms with van der Waals surface area (Å²) in [5.74, 6) is -2.87. The van der Waals surface area contributed by atoms with E-state index in [0.717, 1.165) is 62.7 Å². The van der Waals surface area contributed by atoms with Gasteiger partial charge in [-0.15, -0.1) is 22.7 Å². The molecule has 2 saturated heterocycles. The van der Waals surface area contributed by atoms with Crippen molar-refractivity contribution in [2.24, 2.45) is 16.7 Å². The van der Waals surface area contributed by atoms with Crippen LogP contribution in [0.3, 0.4) is 0 Å². The van der Waals surface area contributed by atoms with Gasteiger partial charge in [0.25, 0.3) is 0 Å². The first kappa shape index (κ1) is 64.6. The van der Waals surface area contributed by atoms with Gasteiger partial charge in [-0.1, -0.05) is 90.1 Å². The highest BCUT2D eigenvalue weighted by molar-refractivity contribution is 7.13. The lowest BCUT2D eigenvalue weighted by molar-refractivity contribution is -0.146. The number of aliphatic hydroxyl groups excluding tert-OH is 2. The van der Waals surface area contributed by atoms with Gasteiger partial charge in [-0.3, -0.25) is 28.8 Å². The van der Waals surface area contributed by atoms with E-state index >= 15 is 0 Å². The van der Waals surface area contributed by atoms with E-state index in [1.807, 2.05) is 115 Å². The molecule has 0 spiro atoms. The van der Waals surface area contributed by atoms with E-state index in [2.05, 4.69) is 25.9 Å². The third kappa shape index (κ3) is 19.8. The Morgan fingerprint density at radius 2 is 1.02 bits per heavy atom. The quantitative estimate of drug-likeness (QED) is 0.0335. The molecule has 5 amide bonds. The van der Waals surface area contributed by atoms with Crippen LogP contribution < -0.4 is 16.0 Å². The molecular formula is C60H85N7O12S2. The second-order valence-electron chi connectivity index (χ2n) is 23.3. The topological polar surface area (TPSA) is 248 Å². The predicted octanol–water partition coefficient (Wildman–Crippen LogP) is 6.58. The van der Waals surface area contributed by atoms with Crippen molar-refractivity contribution in [2.45, 2.75) is 150 Å². The number of aryl methyl sites for hydroxylation is 2. The molecule has 19 nitrogen and oxygen atoms in total. The summed E-state index contributed by atoms with van der Waals surface area (Å²) in [7, 11) is 0. The molecule has 5 N–H and O–H groups in total. The average molecular weight is 1160 g/mol. The third-order valence-electron chi connectivity index (χ3n) is 14.5. The van der Waals surface area contributed by atoms with Gasteiger partial charge in [-0.05, 0) is 79.0 Å². The van der Waals surface area contributed by atoms with Crippen LogP contribution in [0.4, 0.5) is 0 Å². The molecule has 0 aliphatic carbocycles. The maximum absolute atomic E-state index is 14.0. The summed E-state index contributed by atoms with van der Waals surface area (Å²) in [4.78, 5) is 94.7. The number of aromatic nitrogens is 2. The standard InChI is InChI=1S/C60H85N7O12S2/c1-39-52(80-37-63-39)43-18-14-41(15-19-43)31-61-55(72)49-29-45(68)33-66(49)57(74)48(59(3,4)5)28-47(70)35-78-26-12-24-76-22-10-9-11-23-77-25-13-27-79-36-51(71)65-54(60(6,7)8)58(75)67-34-46(69)30-50(67)56(73)62-32-42-16-20-44(21-17-42)53-40(2)64-38-81-53/h14-21,37-38,45-46,48-50,54,68-69H,9-13,22-36H2,1-8H3,(H,61,72)(H,62,73)(H,65,71)/t45-,46-,48-,49+,50+,54-/m1/s1. The zero-order chi connectivity index (χ0) is 58.7. The lowest BCUT2D eigenvalue weighted by Gasteiger charge is -2.35. The molecule has 81 heavy (non-hydrogen) atoms. The lowest BCUT2D eigenvalue weighted by atomic mass is 9.77. The van der Waals surface area contributed by atoms with Crippen LogP contribution in [0.1, 0.15) is 115 Å². The molecule has 6 atom stereocenters. The second kappa shape index (κ2) is 31.2. The van der Waals surface area contributed by atoms with E-state index in [-0.39, 0.29) is 88.8 Å². The van der Waals surface area contributed by atoms with Crippen molar-refractivity contribution in [1.29, 1.82) is 0 Å². The number of β-amino-alcohol motifs (C(OH)–C–C–N with tert-alkyl or cyclic N) is 2. The van der Waals surface area contributed by atoms with Crippen molar-refractivity contribution in [3.8, 4) is 20.9 Å². The van der Waals surface area contributed by atoms with Crippen molar-refractivity contribution in [3.05, 3.63) is 82.1 Å². The van der Waals surface area contributed by atoms with Gasteiger partial charge < -0.3 is 54.9 Å². The van der Waals surface area contributed by atoms with Gasteiger partial charge in [0.05, 0.1) is 44.4 Å². The number of carbonyl (C=O) groups excluding carboxylic acids is 6. The third-order valence-corrected chi connectivity index (χ3v) is 16.5. The fourth-order valence-electron chi connectivity index (χ4n) is 9.87. The Labute approximate surface area is 485 Å². The molecule has 0 radical (unpaired) electrons.